The first-order valence-electron chi connectivity index (χ1n) is 12.3. The Kier molecular flexibility index (Phi) is 8.89. The molecule has 2 aliphatic heterocycles. The Morgan fingerprint density at radius 3 is 2.22 bits per heavy atom. The number of aromatic hydroxyl groups is 1. The lowest BCUT2D eigenvalue weighted by molar-refractivity contribution is -0.139. The van der Waals surface area contributed by atoms with E-state index in [4.69, 9.17) is 0 Å². The first-order chi connectivity index (χ1) is 17.0. The summed E-state index contributed by atoms with van der Waals surface area (Å²) in [4.78, 5) is 66.3. The van der Waals surface area contributed by atoms with Crippen molar-refractivity contribution in [2.45, 2.75) is 70.6 Å². The maximum atomic E-state index is 13.4. The molecule has 36 heavy (non-hydrogen) atoms. The topological polar surface area (TPSA) is 157 Å². The molecule has 1 aromatic carbocycles. The number of nitrogens with one attached hydrogen (secondary N) is 4. The van der Waals surface area contributed by atoms with Crippen molar-refractivity contribution in [2.75, 3.05) is 13.1 Å². The van der Waals surface area contributed by atoms with Crippen LogP contribution in [0.3, 0.4) is 0 Å². The highest BCUT2D eigenvalue weighted by Gasteiger charge is 2.37. The molecule has 4 atom stereocenters. The van der Waals surface area contributed by atoms with Gasteiger partial charge < -0.3 is 31.3 Å². The van der Waals surface area contributed by atoms with Gasteiger partial charge in [-0.05, 0) is 49.8 Å². The van der Waals surface area contributed by atoms with Crippen LogP contribution in [0, 0.1) is 5.92 Å². The number of carbonyl (C=O) groups is 5. The Balaban J connectivity index is 1.93. The van der Waals surface area contributed by atoms with E-state index >= 15 is 0 Å². The average molecular weight is 502 g/mol. The zero-order chi connectivity index (χ0) is 26.4. The third-order valence-electron chi connectivity index (χ3n) is 6.39. The Bertz CT molecular complexity index is 995. The lowest BCUT2D eigenvalue weighted by Crippen LogP contribution is -2.57. The zero-order valence-corrected chi connectivity index (χ0v) is 20.9. The Labute approximate surface area is 210 Å². The molecule has 2 fully saturated rings. The number of carbonyl (C=O) groups excluding carboxylic acids is 5. The van der Waals surface area contributed by atoms with Gasteiger partial charge in [-0.15, -0.1) is 0 Å². The molecule has 2 aliphatic rings. The molecule has 0 unspecified atom stereocenters. The summed E-state index contributed by atoms with van der Waals surface area (Å²) in [6.07, 6.45) is 1.49. The van der Waals surface area contributed by atoms with E-state index in [1.165, 1.54) is 24.0 Å². The van der Waals surface area contributed by atoms with Gasteiger partial charge in [-0.1, -0.05) is 26.0 Å². The second-order valence-corrected chi connectivity index (χ2v) is 9.82. The molecule has 0 aromatic heterocycles. The molecule has 3 rings (SSSR count). The minimum absolute atomic E-state index is 0.0575. The number of amides is 5. The number of nitrogens with zero attached hydrogens (tertiary/aromatic N) is 1. The monoisotopic (exact) mass is 501 g/mol. The number of hydrogen-bond acceptors (Lipinski definition) is 6. The fourth-order valence-electron chi connectivity index (χ4n) is 4.45. The Morgan fingerprint density at radius 2 is 1.56 bits per heavy atom. The van der Waals surface area contributed by atoms with Gasteiger partial charge in [-0.25, -0.2) is 0 Å². The SMILES string of the molecule is CC(C)C[C@@H]1NC(=O)[C@H](Cc2ccc(O)cc2)NC(=O)[C@@H]2CCCN2C(=O)CNC(=O)[C@@H](C)NC1=O. The van der Waals surface area contributed by atoms with Gasteiger partial charge in [0.15, 0.2) is 0 Å². The second-order valence-electron chi connectivity index (χ2n) is 9.82. The van der Waals surface area contributed by atoms with Gasteiger partial charge in [0.25, 0.3) is 0 Å². The van der Waals surface area contributed by atoms with E-state index in [1.807, 2.05) is 13.8 Å². The van der Waals surface area contributed by atoms with Crippen LogP contribution < -0.4 is 21.3 Å². The molecule has 1 aromatic rings. The summed E-state index contributed by atoms with van der Waals surface area (Å²) in [6.45, 7) is 5.38. The number of phenolic OH excluding ortho intramolecular Hbond substituents is 1. The quantitative estimate of drug-likeness (QED) is 0.377. The summed E-state index contributed by atoms with van der Waals surface area (Å²) in [6, 6.07) is 2.62. The first kappa shape index (κ1) is 27.0. The summed E-state index contributed by atoms with van der Waals surface area (Å²) in [5.41, 5.74) is 0.693. The third-order valence-corrected chi connectivity index (χ3v) is 6.39. The van der Waals surface area contributed by atoms with Crippen molar-refractivity contribution in [3.05, 3.63) is 29.8 Å². The molecule has 11 heteroatoms. The fraction of sp³-hybridized carbons (Fsp3) is 0.560. The molecule has 196 valence electrons. The van der Waals surface area contributed by atoms with Gasteiger partial charge in [-0.3, -0.25) is 24.0 Å². The van der Waals surface area contributed by atoms with Crippen molar-refractivity contribution < 1.29 is 29.1 Å². The summed E-state index contributed by atoms with van der Waals surface area (Å²) < 4.78 is 0. The summed E-state index contributed by atoms with van der Waals surface area (Å²) in [5.74, 6) is -2.38. The molecule has 5 N–H and O–H groups in total. The van der Waals surface area contributed by atoms with Crippen molar-refractivity contribution in [1.29, 1.82) is 0 Å². The predicted molar refractivity (Wildman–Crippen MR) is 130 cm³/mol. The van der Waals surface area contributed by atoms with Gasteiger partial charge >= 0.3 is 0 Å². The number of benzene rings is 1. The molecule has 2 saturated heterocycles. The highest BCUT2D eigenvalue weighted by molar-refractivity contribution is 5.97. The van der Waals surface area contributed by atoms with Gasteiger partial charge in [-0.2, -0.15) is 0 Å². The number of hydrogen-bond donors (Lipinski definition) is 5. The van der Waals surface area contributed by atoms with E-state index in [9.17, 15) is 29.1 Å². The Hall–Kier alpha value is -3.63. The van der Waals surface area contributed by atoms with Crippen LogP contribution in [0.2, 0.25) is 0 Å². The van der Waals surface area contributed by atoms with Crippen LogP contribution >= 0.6 is 0 Å². The maximum absolute atomic E-state index is 13.4. The number of phenols is 1. The predicted octanol–water partition coefficient (Wildman–Crippen LogP) is -0.424. The van der Waals surface area contributed by atoms with Crippen LogP contribution in [0.25, 0.3) is 0 Å². The molecule has 0 bridgehead atoms. The lowest BCUT2D eigenvalue weighted by Gasteiger charge is -2.27. The summed E-state index contributed by atoms with van der Waals surface area (Å²) in [7, 11) is 0. The molecule has 0 spiro atoms. The van der Waals surface area contributed by atoms with E-state index in [-0.39, 0.29) is 24.6 Å². The molecule has 0 saturated carbocycles. The van der Waals surface area contributed by atoms with Gasteiger partial charge in [0.05, 0.1) is 6.54 Å². The highest BCUT2D eigenvalue weighted by Crippen LogP contribution is 2.19. The van der Waals surface area contributed by atoms with E-state index in [2.05, 4.69) is 21.3 Å². The standard InChI is InChI=1S/C25H35N5O6/c1-14(2)11-18-23(34)27-15(3)22(33)26-13-21(32)30-10-4-5-20(30)25(36)29-19(24(35)28-18)12-16-6-8-17(31)9-7-16/h6-9,14-15,18-20,31H,4-5,10-13H2,1-3H3,(H,26,33)(H,27,34)(H,28,35)(H,29,36)/t15-,18+,19+,20+/m1/s1. The third kappa shape index (κ3) is 6.96. The van der Waals surface area contributed by atoms with Gasteiger partial charge in [0, 0.05) is 13.0 Å². The molecule has 11 nitrogen and oxygen atoms in total. The molecule has 2 heterocycles. The second kappa shape index (κ2) is 11.9. The van der Waals surface area contributed by atoms with E-state index in [0.717, 1.165) is 0 Å². The largest absolute Gasteiger partial charge is 0.508 e. The van der Waals surface area contributed by atoms with E-state index < -0.39 is 53.7 Å². The number of fused-ring (bicyclic) bond motifs is 1. The first-order valence-corrected chi connectivity index (χ1v) is 12.3. The van der Waals surface area contributed by atoms with Gasteiger partial charge in [0.2, 0.25) is 29.5 Å². The average Bonchev–Trinajstić information content (AvgIpc) is 3.32. The minimum Gasteiger partial charge on any atom is -0.508 e. The fourth-order valence-corrected chi connectivity index (χ4v) is 4.45. The molecular weight excluding hydrogens is 466 g/mol. The van der Waals surface area contributed by atoms with Crippen LogP contribution in [0.15, 0.2) is 24.3 Å². The van der Waals surface area contributed by atoms with Crippen molar-refractivity contribution in [3.63, 3.8) is 0 Å². The van der Waals surface area contributed by atoms with E-state index in [0.29, 0.717) is 31.4 Å². The normalized spacial score (nSPS) is 26.3. The Morgan fingerprint density at radius 1 is 0.917 bits per heavy atom. The van der Waals surface area contributed by atoms with E-state index in [1.54, 1.807) is 12.1 Å². The molecule has 5 amide bonds. The molecule has 0 aliphatic carbocycles. The van der Waals surface area contributed by atoms with Crippen molar-refractivity contribution in [2.24, 2.45) is 5.92 Å². The van der Waals surface area contributed by atoms with Crippen molar-refractivity contribution >= 4 is 29.5 Å². The summed E-state index contributed by atoms with van der Waals surface area (Å²) in [5, 5.41) is 20.2. The minimum atomic E-state index is -1.02. The smallest absolute Gasteiger partial charge is 0.243 e. The zero-order valence-electron chi connectivity index (χ0n) is 20.9. The van der Waals surface area contributed by atoms with Crippen molar-refractivity contribution in [3.8, 4) is 5.75 Å². The molecule has 0 radical (unpaired) electrons. The van der Waals surface area contributed by atoms with Crippen LogP contribution in [0.5, 0.6) is 5.75 Å². The lowest BCUT2D eigenvalue weighted by atomic mass is 10.0. The van der Waals surface area contributed by atoms with Crippen LogP contribution in [0.1, 0.15) is 45.6 Å². The van der Waals surface area contributed by atoms with Gasteiger partial charge in [0.1, 0.15) is 29.9 Å². The summed E-state index contributed by atoms with van der Waals surface area (Å²) >= 11 is 0. The maximum Gasteiger partial charge on any atom is 0.243 e. The van der Waals surface area contributed by atoms with Crippen LogP contribution in [0.4, 0.5) is 0 Å². The molecular formula is C25H35N5O6. The number of rotatable bonds is 4. The van der Waals surface area contributed by atoms with Crippen LogP contribution in [-0.2, 0) is 30.4 Å². The highest BCUT2D eigenvalue weighted by atomic mass is 16.3. The van der Waals surface area contributed by atoms with Crippen LogP contribution in [-0.4, -0.2) is 76.8 Å². The van der Waals surface area contributed by atoms with Crippen molar-refractivity contribution in [1.82, 2.24) is 26.2 Å².